The molecule has 1 atom stereocenters. The van der Waals surface area contributed by atoms with Gasteiger partial charge in [0.05, 0.1) is 0 Å². The number of carbonyl (C=O) groups is 1. The summed E-state index contributed by atoms with van der Waals surface area (Å²) in [7, 11) is 0. The Labute approximate surface area is 112 Å². The summed E-state index contributed by atoms with van der Waals surface area (Å²) < 4.78 is 32.3. The van der Waals surface area contributed by atoms with Gasteiger partial charge in [0.1, 0.15) is 0 Å². The minimum atomic E-state index is -1.07. The number of nitrogens with one attached hydrogen (secondary N) is 1. The van der Waals surface area contributed by atoms with Gasteiger partial charge in [-0.3, -0.25) is 4.79 Å². The number of amides is 1. The molecule has 3 nitrogen and oxygen atoms in total. The highest BCUT2D eigenvalue weighted by molar-refractivity contribution is 9.10. The number of ether oxygens (including phenoxy) is 1. The first-order chi connectivity index (χ1) is 8.58. The summed E-state index contributed by atoms with van der Waals surface area (Å²) >= 11 is 3.06. The first kappa shape index (κ1) is 13.3. The third-order valence-electron chi connectivity index (χ3n) is 2.71. The van der Waals surface area contributed by atoms with Crippen molar-refractivity contribution < 1.29 is 18.3 Å². The summed E-state index contributed by atoms with van der Waals surface area (Å²) in [5, 5.41) is 2.67. The zero-order valence-electron chi connectivity index (χ0n) is 9.51. The number of benzene rings is 1. The van der Waals surface area contributed by atoms with E-state index in [-0.39, 0.29) is 11.7 Å². The van der Waals surface area contributed by atoms with Crippen LogP contribution in [-0.4, -0.2) is 18.6 Å². The number of halogens is 3. The van der Waals surface area contributed by atoms with Crippen molar-refractivity contribution in [2.75, 3.05) is 6.54 Å². The molecule has 1 N–H and O–H groups in total. The molecule has 1 heterocycles. The van der Waals surface area contributed by atoms with Crippen molar-refractivity contribution in [2.24, 2.45) is 0 Å². The first-order valence-electron chi connectivity index (χ1n) is 5.67. The van der Waals surface area contributed by atoms with Gasteiger partial charge in [-0.2, -0.15) is 4.39 Å². The van der Waals surface area contributed by atoms with E-state index in [1.807, 2.05) is 0 Å². The van der Waals surface area contributed by atoms with Gasteiger partial charge in [0, 0.05) is 11.0 Å². The Kier molecular flexibility index (Phi) is 4.16. The fourth-order valence-electron chi connectivity index (χ4n) is 1.80. The molecule has 0 aromatic heterocycles. The molecule has 0 spiro atoms. The van der Waals surface area contributed by atoms with E-state index in [0.29, 0.717) is 17.4 Å². The van der Waals surface area contributed by atoms with Gasteiger partial charge in [-0.05, 0) is 31.4 Å². The standard InChI is InChI=1S/C12H12BrF2NO2/c13-7-5-8(14)11(15)10(6-7)18-9-3-1-2-4-16-12(9)17/h5-6,9H,1-4H2,(H,16,17). The van der Waals surface area contributed by atoms with Crippen molar-refractivity contribution in [2.45, 2.75) is 25.4 Å². The first-order valence-corrected chi connectivity index (χ1v) is 6.46. The van der Waals surface area contributed by atoms with Crippen LogP contribution in [-0.2, 0) is 4.79 Å². The van der Waals surface area contributed by atoms with Crippen LogP contribution < -0.4 is 10.1 Å². The summed E-state index contributed by atoms with van der Waals surface area (Å²) in [5.74, 6) is -2.61. The predicted molar refractivity (Wildman–Crippen MR) is 65.3 cm³/mol. The quantitative estimate of drug-likeness (QED) is 0.851. The number of carbonyl (C=O) groups excluding carboxylic acids is 1. The molecule has 1 aliphatic heterocycles. The summed E-state index contributed by atoms with van der Waals surface area (Å²) in [5.41, 5.74) is 0. The normalized spacial score (nSPS) is 20.2. The molecule has 98 valence electrons. The van der Waals surface area contributed by atoms with Crippen molar-refractivity contribution in [1.82, 2.24) is 5.32 Å². The van der Waals surface area contributed by atoms with Crippen molar-refractivity contribution in [3.05, 3.63) is 28.2 Å². The zero-order chi connectivity index (χ0) is 13.1. The lowest BCUT2D eigenvalue weighted by Gasteiger charge is -2.16. The van der Waals surface area contributed by atoms with Crippen molar-refractivity contribution in [3.8, 4) is 5.75 Å². The highest BCUT2D eigenvalue weighted by atomic mass is 79.9. The van der Waals surface area contributed by atoms with Crippen LogP contribution >= 0.6 is 15.9 Å². The molecule has 1 aromatic rings. The lowest BCUT2D eigenvalue weighted by Crippen LogP contribution is -2.36. The Morgan fingerprint density at radius 1 is 1.33 bits per heavy atom. The molecule has 0 saturated carbocycles. The van der Waals surface area contributed by atoms with Gasteiger partial charge in [0.2, 0.25) is 5.82 Å². The monoisotopic (exact) mass is 319 g/mol. The third-order valence-corrected chi connectivity index (χ3v) is 3.17. The number of rotatable bonds is 2. The van der Waals surface area contributed by atoms with E-state index in [1.54, 1.807) is 0 Å². The molecule has 18 heavy (non-hydrogen) atoms. The average Bonchev–Trinajstić information content (AvgIpc) is 2.51. The van der Waals surface area contributed by atoms with Gasteiger partial charge in [-0.1, -0.05) is 15.9 Å². The Morgan fingerprint density at radius 3 is 2.89 bits per heavy atom. The van der Waals surface area contributed by atoms with Crippen LogP contribution in [0.2, 0.25) is 0 Å². The summed E-state index contributed by atoms with van der Waals surface area (Å²) in [6.45, 7) is 0.591. The lowest BCUT2D eigenvalue weighted by molar-refractivity contribution is -0.127. The lowest BCUT2D eigenvalue weighted by atomic mass is 10.2. The van der Waals surface area contributed by atoms with E-state index in [1.165, 1.54) is 6.07 Å². The second kappa shape index (κ2) is 5.65. The maximum Gasteiger partial charge on any atom is 0.261 e. The molecular formula is C12H12BrF2NO2. The molecule has 0 bridgehead atoms. The van der Waals surface area contributed by atoms with Crippen LogP contribution in [0, 0.1) is 11.6 Å². The summed E-state index contributed by atoms with van der Waals surface area (Å²) in [4.78, 5) is 11.6. The maximum absolute atomic E-state index is 13.5. The molecule has 6 heteroatoms. The van der Waals surface area contributed by atoms with E-state index in [0.717, 1.165) is 18.9 Å². The molecule has 1 aromatic carbocycles. The topological polar surface area (TPSA) is 38.3 Å². The highest BCUT2D eigenvalue weighted by Gasteiger charge is 2.24. The van der Waals surface area contributed by atoms with Gasteiger partial charge in [0.25, 0.3) is 5.91 Å². The Morgan fingerprint density at radius 2 is 2.11 bits per heavy atom. The SMILES string of the molecule is O=C1NCCCCC1Oc1cc(Br)cc(F)c1F. The Hall–Kier alpha value is -1.17. The molecule has 1 fully saturated rings. The molecular weight excluding hydrogens is 308 g/mol. The minimum absolute atomic E-state index is 0.246. The minimum Gasteiger partial charge on any atom is -0.477 e. The van der Waals surface area contributed by atoms with Crippen LogP contribution in [0.25, 0.3) is 0 Å². The van der Waals surface area contributed by atoms with Crippen LogP contribution in [0.5, 0.6) is 5.75 Å². The van der Waals surface area contributed by atoms with Crippen LogP contribution in [0.15, 0.2) is 16.6 Å². The molecule has 2 rings (SSSR count). The van der Waals surface area contributed by atoms with Crippen LogP contribution in [0.1, 0.15) is 19.3 Å². The Balaban J connectivity index is 2.19. The van der Waals surface area contributed by atoms with E-state index in [4.69, 9.17) is 4.74 Å². The number of hydrogen-bond donors (Lipinski definition) is 1. The van der Waals surface area contributed by atoms with Crippen molar-refractivity contribution >= 4 is 21.8 Å². The van der Waals surface area contributed by atoms with Crippen molar-refractivity contribution in [1.29, 1.82) is 0 Å². The predicted octanol–water partition coefficient (Wildman–Crippen LogP) is 2.77. The van der Waals surface area contributed by atoms with Gasteiger partial charge in [-0.25, -0.2) is 4.39 Å². The Bertz CT molecular complexity index is 468. The van der Waals surface area contributed by atoms with Gasteiger partial charge in [-0.15, -0.1) is 0 Å². The molecule has 1 saturated heterocycles. The van der Waals surface area contributed by atoms with Gasteiger partial charge < -0.3 is 10.1 Å². The molecule has 0 radical (unpaired) electrons. The van der Waals surface area contributed by atoms with E-state index in [9.17, 15) is 13.6 Å². The largest absolute Gasteiger partial charge is 0.477 e. The fraction of sp³-hybridized carbons (Fsp3) is 0.417. The molecule has 1 unspecified atom stereocenters. The smallest absolute Gasteiger partial charge is 0.261 e. The summed E-state index contributed by atoms with van der Waals surface area (Å²) in [6, 6.07) is 2.33. The van der Waals surface area contributed by atoms with Crippen LogP contribution in [0.3, 0.4) is 0 Å². The van der Waals surface area contributed by atoms with Crippen molar-refractivity contribution in [3.63, 3.8) is 0 Å². The molecule has 1 amide bonds. The van der Waals surface area contributed by atoms with Gasteiger partial charge >= 0.3 is 0 Å². The highest BCUT2D eigenvalue weighted by Crippen LogP contribution is 2.27. The maximum atomic E-state index is 13.5. The second-order valence-electron chi connectivity index (χ2n) is 4.09. The molecule has 1 aliphatic rings. The fourth-order valence-corrected chi connectivity index (χ4v) is 2.20. The third kappa shape index (κ3) is 2.98. The van der Waals surface area contributed by atoms with E-state index in [2.05, 4.69) is 21.2 Å². The van der Waals surface area contributed by atoms with E-state index >= 15 is 0 Å². The summed E-state index contributed by atoms with van der Waals surface area (Å²) in [6.07, 6.45) is 1.40. The zero-order valence-corrected chi connectivity index (χ0v) is 11.1. The van der Waals surface area contributed by atoms with Gasteiger partial charge in [0.15, 0.2) is 17.7 Å². The average molecular weight is 320 g/mol. The van der Waals surface area contributed by atoms with Crippen LogP contribution in [0.4, 0.5) is 8.78 Å². The second-order valence-corrected chi connectivity index (χ2v) is 5.01. The van der Waals surface area contributed by atoms with E-state index < -0.39 is 17.7 Å². The molecule has 0 aliphatic carbocycles. The number of hydrogen-bond acceptors (Lipinski definition) is 2.